The van der Waals surface area contributed by atoms with Crippen LogP contribution in [0.3, 0.4) is 0 Å². The first-order chi connectivity index (χ1) is 11.3. The molecule has 3 aliphatic heterocycles. The third-order valence-corrected chi connectivity index (χ3v) is 4.90. The standard InChI is InChI=1S/C18H27N3O2/c1-2-23-9-7-18(22)21-13-16-5-6-17(21)14-20(12-16)11-15-4-3-8-19-10-15/h3-4,8,10,16-17H,2,5-7,9,11-14H2,1H3/t16-,17+/m1/s1. The number of nitrogens with zero attached hydrogens (tertiary/aromatic N) is 3. The van der Waals surface area contributed by atoms with E-state index in [9.17, 15) is 4.79 Å². The van der Waals surface area contributed by atoms with Crippen molar-refractivity contribution in [3.8, 4) is 0 Å². The minimum absolute atomic E-state index is 0.261. The van der Waals surface area contributed by atoms with E-state index in [-0.39, 0.29) is 5.91 Å². The van der Waals surface area contributed by atoms with E-state index >= 15 is 0 Å². The first kappa shape index (κ1) is 16.4. The average Bonchev–Trinajstić information content (AvgIpc) is 2.86. The first-order valence-corrected chi connectivity index (χ1v) is 8.74. The molecule has 1 aromatic heterocycles. The summed E-state index contributed by atoms with van der Waals surface area (Å²) >= 11 is 0. The van der Waals surface area contributed by atoms with Gasteiger partial charge in [0.15, 0.2) is 0 Å². The van der Waals surface area contributed by atoms with Gasteiger partial charge in [-0.2, -0.15) is 0 Å². The molecule has 1 amide bonds. The van der Waals surface area contributed by atoms with Crippen LogP contribution in [-0.2, 0) is 16.1 Å². The lowest BCUT2D eigenvalue weighted by molar-refractivity contribution is -0.136. The largest absolute Gasteiger partial charge is 0.381 e. The second-order valence-corrected chi connectivity index (χ2v) is 6.65. The number of pyridine rings is 1. The highest BCUT2D eigenvalue weighted by atomic mass is 16.5. The Labute approximate surface area is 138 Å². The molecule has 4 heterocycles. The number of ether oxygens (including phenoxy) is 1. The van der Waals surface area contributed by atoms with E-state index in [2.05, 4.69) is 20.9 Å². The van der Waals surface area contributed by atoms with Gasteiger partial charge >= 0.3 is 0 Å². The smallest absolute Gasteiger partial charge is 0.225 e. The van der Waals surface area contributed by atoms with Crippen LogP contribution in [-0.4, -0.2) is 59.6 Å². The minimum Gasteiger partial charge on any atom is -0.381 e. The van der Waals surface area contributed by atoms with Gasteiger partial charge in [0.2, 0.25) is 5.91 Å². The number of amides is 1. The molecule has 1 aromatic rings. The molecule has 0 aromatic carbocycles. The van der Waals surface area contributed by atoms with Gasteiger partial charge < -0.3 is 9.64 Å². The molecule has 2 atom stereocenters. The van der Waals surface area contributed by atoms with Gasteiger partial charge in [-0.3, -0.25) is 14.7 Å². The van der Waals surface area contributed by atoms with Crippen LogP contribution in [0.25, 0.3) is 0 Å². The molecule has 0 saturated carbocycles. The minimum atomic E-state index is 0.261. The van der Waals surface area contributed by atoms with Gasteiger partial charge in [0.1, 0.15) is 0 Å². The van der Waals surface area contributed by atoms with E-state index in [1.807, 2.05) is 25.4 Å². The lowest BCUT2D eigenvalue weighted by Gasteiger charge is -2.36. The highest BCUT2D eigenvalue weighted by molar-refractivity contribution is 5.76. The van der Waals surface area contributed by atoms with E-state index in [1.165, 1.54) is 12.0 Å². The van der Waals surface area contributed by atoms with E-state index in [0.29, 0.717) is 31.6 Å². The van der Waals surface area contributed by atoms with Crippen LogP contribution >= 0.6 is 0 Å². The summed E-state index contributed by atoms with van der Waals surface area (Å²) in [6.45, 7) is 7.10. The second kappa shape index (κ2) is 7.88. The summed E-state index contributed by atoms with van der Waals surface area (Å²) in [7, 11) is 0. The molecule has 0 spiro atoms. The fourth-order valence-corrected chi connectivity index (χ4v) is 3.81. The number of piperidine rings is 1. The molecule has 4 rings (SSSR count). The van der Waals surface area contributed by atoms with Crippen molar-refractivity contribution in [1.29, 1.82) is 0 Å². The monoisotopic (exact) mass is 317 g/mol. The molecule has 2 bridgehead atoms. The zero-order chi connectivity index (χ0) is 16.1. The number of carbonyl (C=O) groups excluding carboxylic acids is 1. The van der Waals surface area contributed by atoms with Crippen LogP contribution in [0.5, 0.6) is 0 Å². The van der Waals surface area contributed by atoms with Crippen molar-refractivity contribution in [3.63, 3.8) is 0 Å². The number of fused-ring (bicyclic) bond motifs is 4. The van der Waals surface area contributed by atoms with Crippen molar-refractivity contribution < 1.29 is 9.53 Å². The molecular formula is C18H27N3O2. The van der Waals surface area contributed by atoms with E-state index in [0.717, 1.165) is 32.6 Å². The molecular weight excluding hydrogens is 290 g/mol. The highest BCUT2D eigenvalue weighted by Gasteiger charge is 2.36. The normalized spacial score (nSPS) is 24.7. The van der Waals surface area contributed by atoms with Crippen molar-refractivity contribution in [2.24, 2.45) is 5.92 Å². The fraction of sp³-hybridized carbons (Fsp3) is 0.667. The summed E-state index contributed by atoms with van der Waals surface area (Å²) in [6.07, 6.45) is 6.64. The lowest BCUT2D eigenvalue weighted by Crippen LogP contribution is -2.47. The van der Waals surface area contributed by atoms with Crippen LogP contribution < -0.4 is 0 Å². The highest BCUT2D eigenvalue weighted by Crippen LogP contribution is 2.29. The average molecular weight is 317 g/mol. The van der Waals surface area contributed by atoms with E-state index in [4.69, 9.17) is 4.74 Å². The molecule has 3 fully saturated rings. The van der Waals surface area contributed by atoms with Crippen LogP contribution in [0, 0.1) is 5.92 Å². The summed E-state index contributed by atoms with van der Waals surface area (Å²) in [5.74, 6) is 0.859. The SMILES string of the molecule is CCOCCC(=O)N1C[C@@H]2CC[C@H]1CN(Cc1cccnc1)C2. The van der Waals surface area contributed by atoms with Gasteiger partial charge in [0.25, 0.3) is 0 Å². The Morgan fingerprint density at radius 2 is 2.26 bits per heavy atom. The fourth-order valence-electron chi connectivity index (χ4n) is 3.81. The molecule has 0 N–H and O–H groups in total. The molecule has 23 heavy (non-hydrogen) atoms. The zero-order valence-electron chi connectivity index (χ0n) is 14.0. The Hall–Kier alpha value is -1.46. The Morgan fingerprint density at radius 1 is 1.35 bits per heavy atom. The number of aromatic nitrogens is 1. The van der Waals surface area contributed by atoms with Crippen LogP contribution in [0.4, 0.5) is 0 Å². The van der Waals surface area contributed by atoms with Gasteiger partial charge in [0, 0.05) is 51.2 Å². The molecule has 5 heteroatoms. The Balaban J connectivity index is 1.60. The van der Waals surface area contributed by atoms with E-state index in [1.54, 1.807) is 0 Å². The molecule has 3 saturated heterocycles. The van der Waals surface area contributed by atoms with Gasteiger partial charge in [-0.25, -0.2) is 0 Å². The molecule has 0 unspecified atom stereocenters. The Bertz CT molecular complexity index is 508. The summed E-state index contributed by atoms with van der Waals surface area (Å²) < 4.78 is 5.34. The summed E-state index contributed by atoms with van der Waals surface area (Å²) in [5.41, 5.74) is 1.25. The summed E-state index contributed by atoms with van der Waals surface area (Å²) in [5, 5.41) is 0. The molecule has 126 valence electrons. The second-order valence-electron chi connectivity index (χ2n) is 6.65. The van der Waals surface area contributed by atoms with Crippen molar-refractivity contribution in [1.82, 2.24) is 14.8 Å². The number of hydrogen-bond acceptors (Lipinski definition) is 4. The number of hydrogen-bond donors (Lipinski definition) is 0. The third kappa shape index (κ3) is 4.30. The van der Waals surface area contributed by atoms with Crippen molar-refractivity contribution in [3.05, 3.63) is 30.1 Å². The summed E-state index contributed by atoms with van der Waals surface area (Å²) in [4.78, 5) is 21.3. The Morgan fingerprint density at radius 3 is 3.04 bits per heavy atom. The van der Waals surface area contributed by atoms with Gasteiger partial charge in [-0.15, -0.1) is 0 Å². The van der Waals surface area contributed by atoms with Crippen LogP contribution in [0.2, 0.25) is 0 Å². The van der Waals surface area contributed by atoms with Crippen molar-refractivity contribution in [2.45, 2.75) is 38.8 Å². The maximum Gasteiger partial charge on any atom is 0.225 e. The van der Waals surface area contributed by atoms with Gasteiger partial charge in [-0.1, -0.05) is 6.07 Å². The Kier molecular flexibility index (Phi) is 5.62. The molecule has 5 nitrogen and oxygen atoms in total. The van der Waals surface area contributed by atoms with Crippen LogP contribution in [0.1, 0.15) is 31.7 Å². The molecule has 0 aliphatic carbocycles. The number of rotatable bonds is 6. The summed E-state index contributed by atoms with van der Waals surface area (Å²) in [6, 6.07) is 4.48. The van der Waals surface area contributed by atoms with Crippen molar-refractivity contribution in [2.75, 3.05) is 32.8 Å². The third-order valence-electron chi connectivity index (χ3n) is 4.90. The predicted molar refractivity (Wildman–Crippen MR) is 88.8 cm³/mol. The molecule has 0 radical (unpaired) electrons. The van der Waals surface area contributed by atoms with Crippen molar-refractivity contribution >= 4 is 5.91 Å². The lowest BCUT2D eigenvalue weighted by atomic mass is 9.95. The maximum absolute atomic E-state index is 12.5. The quantitative estimate of drug-likeness (QED) is 0.752. The van der Waals surface area contributed by atoms with E-state index < -0.39 is 0 Å². The zero-order valence-corrected chi connectivity index (χ0v) is 14.0. The maximum atomic E-state index is 12.5. The number of carbonyl (C=O) groups is 1. The van der Waals surface area contributed by atoms with Gasteiger partial charge in [0.05, 0.1) is 13.0 Å². The topological polar surface area (TPSA) is 45.7 Å². The first-order valence-electron chi connectivity index (χ1n) is 8.74. The van der Waals surface area contributed by atoms with Gasteiger partial charge in [-0.05, 0) is 37.3 Å². The molecule has 3 aliphatic rings. The predicted octanol–water partition coefficient (Wildman–Crippen LogP) is 1.93. The van der Waals surface area contributed by atoms with Crippen LogP contribution in [0.15, 0.2) is 24.5 Å².